The predicted molar refractivity (Wildman–Crippen MR) is 143 cm³/mol. The Hall–Kier alpha value is -4.90. The molecule has 0 spiro atoms. The Morgan fingerprint density at radius 1 is 0.450 bits per heavy atom. The lowest BCUT2D eigenvalue weighted by molar-refractivity contribution is -0.138. The second-order valence-electron chi connectivity index (χ2n) is 9.24. The molecule has 0 aliphatic heterocycles. The number of hydrogen-bond donors (Lipinski definition) is 2. The fourth-order valence-electron chi connectivity index (χ4n) is 4.75. The summed E-state index contributed by atoms with van der Waals surface area (Å²) in [5, 5.41) is 1.58. The third-order valence-electron chi connectivity index (χ3n) is 6.73. The van der Waals surface area contributed by atoms with Crippen molar-refractivity contribution in [2.45, 2.75) is 12.4 Å². The van der Waals surface area contributed by atoms with E-state index in [4.69, 9.17) is 0 Å². The highest BCUT2D eigenvalue weighted by Crippen LogP contribution is 2.36. The summed E-state index contributed by atoms with van der Waals surface area (Å²) in [6.45, 7) is 0. The molecule has 0 amide bonds. The Kier molecular flexibility index (Phi) is 5.95. The number of alkyl halides is 6. The molecule has 2 N–H and O–H groups in total. The number of hydrogen-bond acceptors (Lipinski definition) is 0. The summed E-state index contributed by atoms with van der Waals surface area (Å²) in [5.74, 6) is 6.43. The third kappa shape index (κ3) is 4.60. The van der Waals surface area contributed by atoms with Crippen LogP contribution in [0.2, 0.25) is 0 Å². The quantitative estimate of drug-likeness (QED) is 0.161. The van der Waals surface area contributed by atoms with Crippen molar-refractivity contribution in [3.8, 4) is 34.4 Å². The number of benzene rings is 4. The van der Waals surface area contributed by atoms with Crippen LogP contribution in [-0.4, -0.2) is 9.97 Å². The number of nitrogens with one attached hydrogen (secondary N) is 2. The zero-order valence-corrected chi connectivity index (χ0v) is 20.5. The standard InChI is InChI=1S/C32H18F6N2/c33-31(34,35)21-13-9-19(10-14-21)29-25(23-5-1-3-7-27(23)39-29)17-18-26-24-6-2-4-8-28(24)40-30(26)20-11-15-22(16-12-20)32(36,37)38/h1-16,39-40H. The minimum atomic E-state index is -4.45. The fourth-order valence-corrected chi connectivity index (χ4v) is 4.75. The normalized spacial score (nSPS) is 12.1. The number of aromatic amines is 2. The van der Waals surface area contributed by atoms with Gasteiger partial charge in [0.2, 0.25) is 0 Å². The smallest absolute Gasteiger partial charge is 0.353 e. The molecule has 0 aliphatic carbocycles. The third-order valence-corrected chi connectivity index (χ3v) is 6.73. The Balaban J connectivity index is 1.51. The summed E-state index contributed by atoms with van der Waals surface area (Å²) < 4.78 is 78.9. The molecular formula is C32H18F6N2. The summed E-state index contributed by atoms with van der Waals surface area (Å²) in [5.41, 5.74) is 3.44. The highest BCUT2D eigenvalue weighted by atomic mass is 19.4. The largest absolute Gasteiger partial charge is 0.416 e. The van der Waals surface area contributed by atoms with Crippen molar-refractivity contribution >= 4 is 21.8 Å². The van der Waals surface area contributed by atoms with E-state index in [0.29, 0.717) is 33.6 Å². The van der Waals surface area contributed by atoms with Crippen LogP contribution >= 0.6 is 0 Å². The Morgan fingerprint density at radius 3 is 1.15 bits per heavy atom. The van der Waals surface area contributed by atoms with Gasteiger partial charge in [0, 0.05) is 21.8 Å². The Morgan fingerprint density at radius 2 is 0.800 bits per heavy atom. The van der Waals surface area contributed by atoms with Crippen molar-refractivity contribution < 1.29 is 26.3 Å². The van der Waals surface area contributed by atoms with Crippen LogP contribution in [0.4, 0.5) is 26.3 Å². The summed E-state index contributed by atoms with van der Waals surface area (Å²) in [4.78, 5) is 6.55. The first-order chi connectivity index (χ1) is 19.1. The molecule has 8 heteroatoms. The van der Waals surface area contributed by atoms with Gasteiger partial charge in [-0.3, -0.25) is 0 Å². The van der Waals surface area contributed by atoms with Crippen molar-refractivity contribution in [1.82, 2.24) is 9.97 Å². The highest BCUT2D eigenvalue weighted by molar-refractivity contribution is 5.97. The second kappa shape index (κ2) is 9.38. The van der Waals surface area contributed by atoms with Gasteiger partial charge in [-0.25, -0.2) is 0 Å². The van der Waals surface area contributed by atoms with E-state index < -0.39 is 23.5 Å². The lowest BCUT2D eigenvalue weighted by Gasteiger charge is -2.07. The molecule has 0 bridgehead atoms. The van der Waals surface area contributed by atoms with E-state index in [1.165, 1.54) is 24.3 Å². The molecule has 0 saturated carbocycles. The van der Waals surface area contributed by atoms with E-state index in [2.05, 4.69) is 21.8 Å². The average Bonchev–Trinajstić information content (AvgIpc) is 3.49. The molecule has 0 saturated heterocycles. The minimum absolute atomic E-state index is 0.537. The maximum absolute atomic E-state index is 13.1. The first kappa shape index (κ1) is 25.4. The van der Waals surface area contributed by atoms with Crippen LogP contribution in [-0.2, 0) is 12.4 Å². The minimum Gasteiger partial charge on any atom is -0.353 e. The van der Waals surface area contributed by atoms with E-state index >= 15 is 0 Å². The SMILES string of the molecule is FC(F)(F)c1ccc(-c2[nH]c3ccccc3c2C#Cc2c(-c3ccc(C(F)(F)F)cc3)[nH]c3ccccc23)cc1. The zero-order valence-electron chi connectivity index (χ0n) is 20.5. The second-order valence-corrected chi connectivity index (χ2v) is 9.24. The van der Waals surface area contributed by atoms with Crippen molar-refractivity contribution in [3.05, 3.63) is 119 Å². The number of aromatic nitrogens is 2. The maximum Gasteiger partial charge on any atom is 0.416 e. The molecular weight excluding hydrogens is 526 g/mol. The lowest BCUT2D eigenvalue weighted by Crippen LogP contribution is -2.04. The average molecular weight is 544 g/mol. The van der Waals surface area contributed by atoms with Gasteiger partial charge in [-0.05, 0) is 47.5 Å². The van der Waals surface area contributed by atoms with Crippen LogP contribution in [0.3, 0.4) is 0 Å². The Labute approximate surface area is 224 Å². The molecule has 6 rings (SSSR count). The predicted octanol–water partition coefficient (Wildman–Crippen LogP) is 9.42. The summed E-state index contributed by atoms with van der Waals surface area (Å²) in [6, 6.07) is 24.5. The van der Waals surface area contributed by atoms with Crippen LogP contribution < -0.4 is 0 Å². The summed E-state index contributed by atoms with van der Waals surface area (Å²) in [6.07, 6.45) is -8.91. The first-order valence-corrected chi connectivity index (χ1v) is 12.2. The molecule has 0 fully saturated rings. The monoisotopic (exact) mass is 544 g/mol. The van der Waals surface area contributed by atoms with Crippen molar-refractivity contribution in [1.29, 1.82) is 0 Å². The van der Waals surface area contributed by atoms with Crippen LogP contribution in [0.15, 0.2) is 97.1 Å². The van der Waals surface area contributed by atoms with E-state index in [0.717, 1.165) is 46.1 Å². The highest BCUT2D eigenvalue weighted by Gasteiger charge is 2.31. The molecule has 2 nitrogen and oxygen atoms in total. The van der Waals surface area contributed by atoms with Crippen molar-refractivity contribution in [2.24, 2.45) is 0 Å². The topological polar surface area (TPSA) is 31.6 Å². The first-order valence-electron chi connectivity index (χ1n) is 12.2. The molecule has 0 unspecified atom stereocenters. The number of fused-ring (bicyclic) bond motifs is 2. The molecule has 198 valence electrons. The van der Waals surface area contributed by atoms with Gasteiger partial charge in [0.1, 0.15) is 0 Å². The van der Waals surface area contributed by atoms with Gasteiger partial charge < -0.3 is 9.97 Å². The number of para-hydroxylation sites is 2. The fraction of sp³-hybridized carbons (Fsp3) is 0.0625. The number of rotatable bonds is 2. The molecule has 2 heterocycles. The van der Waals surface area contributed by atoms with E-state index in [9.17, 15) is 26.3 Å². The van der Waals surface area contributed by atoms with Gasteiger partial charge in [0.25, 0.3) is 0 Å². The molecule has 2 aromatic heterocycles. The van der Waals surface area contributed by atoms with Crippen LogP contribution in [0, 0.1) is 11.8 Å². The molecule has 0 atom stereocenters. The number of halogens is 6. The van der Waals surface area contributed by atoms with Crippen LogP contribution in [0.5, 0.6) is 0 Å². The van der Waals surface area contributed by atoms with Gasteiger partial charge in [-0.2, -0.15) is 26.3 Å². The molecule has 4 aromatic carbocycles. The molecule has 40 heavy (non-hydrogen) atoms. The van der Waals surface area contributed by atoms with Gasteiger partial charge in [0.05, 0.1) is 33.6 Å². The Bertz CT molecular complexity index is 1770. The molecule has 0 radical (unpaired) electrons. The molecule has 6 aromatic rings. The number of H-pyrrole nitrogens is 2. The van der Waals surface area contributed by atoms with Gasteiger partial charge >= 0.3 is 12.4 Å². The van der Waals surface area contributed by atoms with E-state index in [1.54, 1.807) is 0 Å². The molecule has 0 aliphatic rings. The van der Waals surface area contributed by atoms with Crippen molar-refractivity contribution in [2.75, 3.05) is 0 Å². The zero-order chi connectivity index (χ0) is 28.1. The van der Waals surface area contributed by atoms with E-state index in [-0.39, 0.29) is 0 Å². The van der Waals surface area contributed by atoms with Crippen LogP contribution in [0.25, 0.3) is 44.3 Å². The van der Waals surface area contributed by atoms with Gasteiger partial charge in [-0.15, -0.1) is 0 Å². The summed E-state index contributed by atoms with van der Waals surface area (Å²) in [7, 11) is 0. The van der Waals surface area contributed by atoms with Gasteiger partial charge in [0.15, 0.2) is 0 Å². The maximum atomic E-state index is 13.1. The summed E-state index contributed by atoms with van der Waals surface area (Å²) >= 11 is 0. The lowest BCUT2D eigenvalue weighted by atomic mass is 10.0. The van der Waals surface area contributed by atoms with Gasteiger partial charge in [-0.1, -0.05) is 72.5 Å². The van der Waals surface area contributed by atoms with Crippen molar-refractivity contribution in [3.63, 3.8) is 0 Å². The van der Waals surface area contributed by atoms with Crippen LogP contribution in [0.1, 0.15) is 22.3 Å². The van der Waals surface area contributed by atoms with E-state index in [1.807, 2.05) is 48.5 Å².